The minimum atomic E-state index is -1.94. The third-order valence-electron chi connectivity index (χ3n) is 3.16. The predicted octanol–water partition coefficient (Wildman–Crippen LogP) is -4.82. The van der Waals surface area contributed by atoms with Gasteiger partial charge in [-0.3, -0.25) is 0 Å². The first-order chi connectivity index (χ1) is 10.2. The molecule has 1 rings (SSSR count). The largest absolute Gasteiger partial charge is 0.479 e. The van der Waals surface area contributed by atoms with Gasteiger partial charge in [0.05, 0.1) is 6.61 Å². The summed E-state index contributed by atoms with van der Waals surface area (Å²) in [5, 5.41) is 65.0. The van der Waals surface area contributed by atoms with Gasteiger partial charge in [-0.2, -0.15) is 0 Å². The number of aliphatic hydroxyl groups excluding tert-OH is 6. The van der Waals surface area contributed by atoms with E-state index in [4.69, 9.17) is 19.7 Å². The van der Waals surface area contributed by atoms with Crippen molar-refractivity contribution in [1.29, 1.82) is 0 Å². The number of hydrogen-bond acceptors (Lipinski definition) is 10. The van der Waals surface area contributed by atoms with E-state index in [2.05, 4.69) is 0 Å². The smallest absolute Gasteiger partial charge is 0.335 e. The first-order valence-electron chi connectivity index (χ1n) is 6.24. The Labute approximate surface area is 123 Å². The summed E-state index contributed by atoms with van der Waals surface area (Å²) in [6, 6.07) is 0. The maximum atomic E-state index is 10.9. The zero-order valence-corrected chi connectivity index (χ0v) is 11.2. The first-order valence-corrected chi connectivity index (χ1v) is 6.24. The fourth-order valence-corrected chi connectivity index (χ4v) is 1.84. The maximum absolute atomic E-state index is 10.9. The van der Waals surface area contributed by atoms with Gasteiger partial charge in [-0.15, -0.1) is 0 Å². The molecule has 1 heterocycles. The van der Waals surface area contributed by atoms with Gasteiger partial charge in [-0.1, -0.05) is 0 Å². The van der Waals surface area contributed by atoms with Crippen LogP contribution in [0.2, 0.25) is 0 Å². The van der Waals surface area contributed by atoms with Crippen LogP contribution in [0.25, 0.3) is 0 Å². The molecule has 22 heavy (non-hydrogen) atoms. The molecule has 0 bridgehead atoms. The summed E-state index contributed by atoms with van der Waals surface area (Å²) >= 11 is 0. The third kappa shape index (κ3) is 3.97. The Kier molecular flexibility index (Phi) is 6.77. The van der Waals surface area contributed by atoms with Gasteiger partial charge in [0.15, 0.2) is 18.7 Å². The Morgan fingerprint density at radius 1 is 1.18 bits per heavy atom. The van der Waals surface area contributed by atoms with Crippen molar-refractivity contribution in [2.75, 3.05) is 6.61 Å². The number of carboxylic acids is 1. The van der Waals surface area contributed by atoms with Gasteiger partial charge in [0, 0.05) is 0 Å². The van der Waals surface area contributed by atoms with Crippen molar-refractivity contribution in [2.45, 2.75) is 49.0 Å². The second-order valence-corrected chi connectivity index (χ2v) is 4.71. The Balaban J connectivity index is 2.84. The summed E-state index contributed by atoms with van der Waals surface area (Å²) in [5.41, 5.74) is 0. The van der Waals surface area contributed by atoms with Crippen LogP contribution in [0.15, 0.2) is 0 Å². The van der Waals surface area contributed by atoms with E-state index in [-0.39, 0.29) is 6.29 Å². The molecule has 0 aliphatic carbocycles. The quantitative estimate of drug-likeness (QED) is 0.222. The van der Waals surface area contributed by atoms with Crippen LogP contribution in [0.1, 0.15) is 0 Å². The van der Waals surface area contributed by atoms with Gasteiger partial charge in [-0.05, 0) is 0 Å². The van der Waals surface area contributed by atoms with E-state index in [1.54, 1.807) is 0 Å². The second kappa shape index (κ2) is 7.89. The molecule has 1 saturated heterocycles. The standard InChI is InChI=1S/C11H18O11/c12-1-3(14)5(15)4(2-13)21-11-8(18)6(16)7(17)9(22-11)10(19)20/h2-9,11-12,14-18H,1H2,(H,19,20)/t3-,4+,5+,6+,7+,8-,9+,11+/m1/s1. The van der Waals surface area contributed by atoms with Crippen molar-refractivity contribution in [2.24, 2.45) is 0 Å². The van der Waals surface area contributed by atoms with Crippen LogP contribution in [-0.4, -0.2) is 104 Å². The van der Waals surface area contributed by atoms with Gasteiger partial charge < -0.3 is 50.0 Å². The number of aliphatic hydroxyl groups is 6. The normalized spacial score (nSPS) is 36.4. The van der Waals surface area contributed by atoms with Crippen LogP contribution < -0.4 is 0 Å². The van der Waals surface area contributed by atoms with Crippen molar-refractivity contribution < 1.29 is 54.8 Å². The lowest BCUT2D eigenvalue weighted by Gasteiger charge is -2.39. The summed E-state index contributed by atoms with van der Waals surface area (Å²) in [4.78, 5) is 21.7. The molecular formula is C11H18O11. The highest BCUT2D eigenvalue weighted by Gasteiger charge is 2.48. The average Bonchev–Trinajstić information content (AvgIpc) is 2.50. The summed E-state index contributed by atoms with van der Waals surface area (Å²) in [6.45, 7) is -0.887. The summed E-state index contributed by atoms with van der Waals surface area (Å²) in [6.07, 6.45) is -14.9. The van der Waals surface area contributed by atoms with E-state index in [9.17, 15) is 35.1 Å². The molecule has 7 N–H and O–H groups in total. The molecule has 1 aliphatic heterocycles. The number of aliphatic carboxylic acids is 1. The molecule has 11 heteroatoms. The Bertz CT molecular complexity index is 388. The molecule has 0 saturated carbocycles. The van der Waals surface area contributed by atoms with E-state index < -0.39 is 61.6 Å². The number of carbonyl (C=O) groups is 2. The van der Waals surface area contributed by atoms with Crippen LogP contribution in [0.4, 0.5) is 0 Å². The molecule has 11 nitrogen and oxygen atoms in total. The fraction of sp³-hybridized carbons (Fsp3) is 0.818. The topological polar surface area (TPSA) is 194 Å². The second-order valence-electron chi connectivity index (χ2n) is 4.71. The Morgan fingerprint density at radius 3 is 2.23 bits per heavy atom. The molecule has 0 aromatic rings. The molecule has 0 aromatic heterocycles. The molecule has 128 valence electrons. The Hall–Kier alpha value is -1.18. The minimum Gasteiger partial charge on any atom is -0.479 e. The molecular weight excluding hydrogens is 308 g/mol. The van der Waals surface area contributed by atoms with Gasteiger partial charge in [0.25, 0.3) is 0 Å². The van der Waals surface area contributed by atoms with Crippen molar-refractivity contribution in [3.05, 3.63) is 0 Å². The predicted molar refractivity (Wildman–Crippen MR) is 64.4 cm³/mol. The molecule has 0 amide bonds. The molecule has 0 radical (unpaired) electrons. The fourth-order valence-electron chi connectivity index (χ4n) is 1.84. The molecule has 1 fully saturated rings. The number of aldehydes is 1. The summed E-state index contributed by atoms with van der Waals surface area (Å²) in [5.74, 6) is -1.65. The number of carboxylic acid groups (broad SMARTS) is 1. The minimum absolute atomic E-state index is 0.0345. The van der Waals surface area contributed by atoms with Gasteiger partial charge in [0.2, 0.25) is 0 Å². The van der Waals surface area contributed by atoms with Crippen LogP contribution in [0.3, 0.4) is 0 Å². The van der Waals surface area contributed by atoms with E-state index in [0.717, 1.165) is 0 Å². The van der Waals surface area contributed by atoms with Crippen molar-refractivity contribution in [1.82, 2.24) is 0 Å². The zero-order chi connectivity index (χ0) is 17.0. The third-order valence-corrected chi connectivity index (χ3v) is 3.16. The lowest BCUT2D eigenvalue weighted by atomic mass is 9.99. The van der Waals surface area contributed by atoms with Crippen molar-refractivity contribution in [3.8, 4) is 0 Å². The first kappa shape index (κ1) is 18.9. The number of rotatable bonds is 7. The van der Waals surface area contributed by atoms with Crippen molar-refractivity contribution >= 4 is 12.3 Å². The van der Waals surface area contributed by atoms with E-state index in [1.807, 2.05) is 0 Å². The SMILES string of the molecule is O=C[C@H](O[C@H]1O[C@H](C(=O)O)[C@@H](O)[C@H](O)[C@H]1O)[C@@H](O)[C@H](O)CO. The van der Waals surface area contributed by atoms with Crippen LogP contribution in [-0.2, 0) is 19.1 Å². The van der Waals surface area contributed by atoms with E-state index >= 15 is 0 Å². The van der Waals surface area contributed by atoms with Crippen LogP contribution in [0, 0.1) is 0 Å². The Morgan fingerprint density at radius 2 is 1.77 bits per heavy atom. The van der Waals surface area contributed by atoms with Gasteiger partial charge in [0.1, 0.15) is 36.6 Å². The van der Waals surface area contributed by atoms with Crippen LogP contribution >= 0.6 is 0 Å². The van der Waals surface area contributed by atoms with Gasteiger partial charge >= 0.3 is 5.97 Å². The number of carbonyl (C=O) groups excluding carboxylic acids is 1. The van der Waals surface area contributed by atoms with E-state index in [1.165, 1.54) is 0 Å². The van der Waals surface area contributed by atoms with Crippen LogP contribution in [0.5, 0.6) is 0 Å². The molecule has 0 spiro atoms. The lowest BCUT2D eigenvalue weighted by Crippen LogP contribution is -2.61. The summed E-state index contributed by atoms with van der Waals surface area (Å²) in [7, 11) is 0. The monoisotopic (exact) mass is 326 g/mol. The highest BCUT2D eigenvalue weighted by molar-refractivity contribution is 5.73. The lowest BCUT2D eigenvalue weighted by molar-refractivity contribution is -0.307. The zero-order valence-electron chi connectivity index (χ0n) is 11.2. The molecule has 8 atom stereocenters. The van der Waals surface area contributed by atoms with Gasteiger partial charge in [-0.25, -0.2) is 4.79 Å². The molecule has 0 aromatic carbocycles. The average molecular weight is 326 g/mol. The molecule has 0 unspecified atom stereocenters. The number of hydrogen-bond donors (Lipinski definition) is 7. The highest BCUT2D eigenvalue weighted by atomic mass is 16.7. The highest BCUT2D eigenvalue weighted by Crippen LogP contribution is 2.24. The van der Waals surface area contributed by atoms with E-state index in [0.29, 0.717) is 0 Å². The number of ether oxygens (including phenoxy) is 2. The maximum Gasteiger partial charge on any atom is 0.335 e. The van der Waals surface area contributed by atoms with Crippen molar-refractivity contribution in [3.63, 3.8) is 0 Å². The summed E-state index contributed by atoms with van der Waals surface area (Å²) < 4.78 is 9.58. The molecule has 1 aliphatic rings.